The van der Waals surface area contributed by atoms with Gasteiger partial charge in [-0.2, -0.15) is 0 Å². The van der Waals surface area contributed by atoms with E-state index in [2.05, 4.69) is 15.5 Å². The first-order chi connectivity index (χ1) is 19.1. The number of nitrogens with one attached hydrogen (secondary N) is 3. The number of hydrogen-bond acceptors (Lipinski definition) is 3. The quantitative estimate of drug-likeness (QED) is 0.261. The van der Waals surface area contributed by atoms with Crippen molar-refractivity contribution >= 4 is 29.6 Å². The summed E-state index contributed by atoms with van der Waals surface area (Å²) in [6.07, 6.45) is 27.4. The van der Waals surface area contributed by atoms with E-state index in [1.165, 1.54) is 109 Å². The number of carbonyl (C=O) groups excluding carboxylic acids is 1. The molecule has 8 heteroatoms. The lowest BCUT2D eigenvalue weighted by Crippen LogP contribution is -3.00. The third-order valence-electron chi connectivity index (χ3n) is 10.3. The van der Waals surface area contributed by atoms with E-state index in [4.69, 9.17) is 0 Å². The molecule has 0 aliphatic heterocycles. The maximum atomic E-state index is 12.7. The number of amides is 1. The third-order valence-corrected chi connectivity index (χ3v) is 17.0. The van der Waals surface area contributed by atoms with Crippen LogP contribution in [0, 0.1) is 0 Å². The summed E-state index contributed by atoms with van der Waals surface area (Å²) in [5.74, 6) is -0.0106. The predicted molar refractivity (Wildman–Crippen MR) is 165 cm³/mol. The molecule has 6 nitrogen and oxygen atoms in total. The largest absolute Gasteiger partial charge is 1.00 e. The zero-order valence-corrected chi connectivity index (χ0v) is 26.6. The summed E-state index contributed by atoms with van der Waals surface area (Å²) in [6.45, 7) is 0. The van der Waals surface area contributed by atoms with Crippen LogP contribution < -0.4 is 33.4 Å². The first-order valence-corrected chi connectivity index (χ1v) is 18.2. The number of carbonyl (C=O) groups is 1. The number of halogens is 1. The topological polar surface area (TPSA) is 94.8 Å². The number of rotatable bonds is 10. The van der Waals surface area contributed by atoms with Crippen molar-refractivity contribution in [2.75, 3.05) is 11.5 Å². The van der Waals surface area contributed by atoms with Gasteiger partial charge in [-0.15, -0.1) is 0 Å². The summed E-state index contributed by atoms with van der Waals surface area (Å²) in [5, 5.41) is 8.26. The molecule has 222 valence electrons. The molecule has 3 aliphatic carbocycles. The molecule has 5 rings (SSSR count). The maximum Gasteiger partial charge on any atom is 0.270 e. The van der Waals surface area contributed by atoms with Crippen molar-refractivity contribution in [3.63, 3.8) is 0 Å². The van der Waals surface area contributed by atoms with Gasteiger partial charge in [-0.25, -0.2) is 0 Å². The lowest BCUT2D eigenvalue weighted by molar-refractivity contribution is -0.116. The number of benzene rings is 1. The van der Waals surface area contributed by atoms with Gasteiger partial charge in [0.05, 0.1) is 33.9 Å². The summed E-state index contributed by atoms with van der Waals surface area (Å²) in [7, 11) is -1.03. The smallest absolute Gasteiger partial charge is 0.270 e. The Bertz CT molecular complexity index is 1160. The number of unbranched alkanes of at least 4 members (excludes halogenated alkanes) is 2. The number of anilines is 1. The predicted octanol–water partition coefficient (Wildman–Crippen LogP) is 4.74. The molecule has 3 saturated carbocycles. The lowest BCUT2D eigenvalue weighted by Gasteiger charge is -2.49. The Balaban J connectivity index is 0.00000370. The second kappa shape index (κ2) is 15.1. The lowest BCUT2D eigenvalue weighted by atomic mass is 9.99. The van der Waals surface area contributed by atoms with Crippen molar-refractivity contribution in [3.8, 4) is 0 Å². The number of aromatic amines is 2. The van der Waals surface area contributed by atoms with Crippen LogP contribution in [0.3, 0.4) is 0 Å². The van der Waals surface area contributed by atoms with Gasteiger partial charge in [0.1, 0.15) is 0 Å². The first-order valence-electron chi connectivity index (χ1n) is 16.0. The van der Waals surface area contributed by atoms with Gasteiger partial charge >= 0.3 is 0 Å². The fourth-order valence-electron chi connectivity index (χ4n) is 8.45. The molecule has 0 unspecified atom stereocenters. The molecule has 2 aromatic rings. The Labute approximate surface area is 250 Å². The highest BCUT2D eigenvalue weighted by Crippen LogP contribution is 2.77. The Kier molecular flexibility index (Phi) is 11.9. The van der Waals surface area contributed by atoms with E-state index in [9.17, 15) is 14.4 Å². The van der Waals surface area contributed by atoms with Crippen LogP contribution in [0.5, 0.6) is 0 Å². The SMILES string of the molecule is O=C(CCCCC[P+](C1CCCCC1)(C1CCCCC1)C1CCCCC1)Nc1ccc2c(=O)[nH][nH]c(=O)c2c1.[Br-]. The van der Waals surface area contributed by atoms with E-state index < -0.39 is 7.26 Å². The second-order valence-electron chi connectivity index (χ2n) is 12.6. The Morgan fingerprint density at radius 3 is 1.73 bits per heavy atom. The molecule has 1 aromatic carbocycles. The van der Waals surface area contributed by atoms with E-state index in [-0.39, 0.29) is 34.0 Å². The van der Waals surface area contributed by atoms with E-state index in [0.29, 0.717) is 22.9 Å². The molecule has 0 radical (unpaired) electrons. The normalized spacial score (nSPS) is 19.8. The molecule has 0 atom stereocenters. The summed E-state index contributed by atoms with van der Waals surface area (Å²) in [6, 6.07) is 4.90. The average Bonchev–Trinajstić information content (AvgIpc) is 2.98. The zero-order chi connectivity index (χ0) is 27.1. The molecular weight excluding hydrogens is 585 g/mol. The first kappa shape index (κ1) is 31.5. The van der Waals surface area contributed by atoms with Crippen LogP contribution in [0.25, 0.3) is 10.8 Å². The van der Waals surface area contributed by atoms with E-state index in [0.717, 1.165) is 29.8 Å². The van der Waals surface area contributed by atoms with Crippen LogP contribution in [-0.2, 0) is 4.79 Å². The van der Waals surface area contributed by atoms with Gasteiger partial charge in [0, 0.05) is 19.4 Å². The van der Waals surface area contributed by atoms with Gasteiger partial charge < -0.3 is 22.3 Å². The minimum atomic E-state index is -1.03. The fourth-order valence-corrected chi connectivity index (χ4v) is 16.1. The fraction of sp³-hybridized carbons (Fsp3) is 0.719. The molecule has 3 aliphatic rings. The molecule has 0 spiro atoms. The molecule has 1 aromatic heterocycles. The minimum Gasteiger partial charge on any atom is -1.00 e. The molecule has 1 amide bonds. The van der Waals surface area contributed by atoms with Crippen LogP contribution >= 0.6 is 7.26 Å². The summed E-state index contributed by atoms with van der Waals surface area (Å²) >= 11 is 0. The summed E-state index contributed by atoms with van der Waals surface area (Å²) in [4.78, 5) is 36.8. The van der Waals surface area contributed by atoms with Crippen LogP contribution in [0.1, 0.15) is 122 Å². The van der Waals surface area contributed by atoms with Gasteiger partial charge in [-0.05, 0) is 115 Å². The van der Waals surface area contributed by atoms with Gasteiger partial charge in [-0.1, -0.05) is 19.3 Å². The number of H-pyrrole nitrogens is 2. The van der Waals surface area contributed by atoms with Crippen molar-refractivity contribution in [1.29, 1.82) is 0 Å². The summed E-state index contributed by atoms with van der Waals surface area (Å²) < 4.78 is 0. The average molecular weight is 635 g/mol. The van der Waals surface area contributed by atoms with Crippen molar-refractivity contribution in [3.05, 3.63) is 38.9 Å². The van der Waals surface area contributed by atoms with Crippen LogP contribution in [-0.4, -0.2) is 39.2 Å². The van der Waals surface area contributed by atoms with Crippen molar-refractivity contribution in [2.45, 2.75) is 139 Å². The molecule has 0 saturated heterocycles. The highest BCUT2D eigenvalue weighted by atomic mass is 79.9. The molecule has 3 N–H and O–H groups in total. The van der Waals surface area contributed by atoms with E-state index >= 15 is 0 Å². The number of hydrogen-bond donors (Lipinski definition) is 3. The number of fused-ring (bicyclic) bond motifs is 1. The van der Waals surface area contributed by atoms with Gasteiger partial charge in [0.25, 0.3) is 11.1 Å². The summed E-state index contributed by atoms with van der Waals surface area (Å²) in [5.41, 5.74) is 2.97. The Morgan fingerprint density at radius 1 is 0.700 bits per heavy atom. The van der Waals surface area contributed by atoms with Crippen LogP contribution in [0.2, 0.25) is 0 Å². The van der Waals surface area contributed by atoms with Crippen LogP contribution in [0.4, 0.5) is 5.69 Å². The minimum absolute atomic E-state index is 0. The highest BCUT2D eigenvalue weighted by molar-refractivity contribution is 7.77. The number of aromatic nitrogens is 2. The van der Waals surface area contributed by atoms with Crippen molar-refractivity contribution in [2.24, 2.45) is 0 Å². The van der Waals surface area contributed by atoms with Gasteiger partial charge in [0.15, 0.2) is 0 Å². The monoisotopic (exact) mass is 633 g/mol. The van der Waals surface area contributed by atoms with Gasteiger partial charge in [0.2, 0.25) is 5.91 Å². The Morgan fingerprint density at radius 2 is 1.20 bits per heavy atom. The highest BCUT2D eigenvalue weighted by Gasteiger charge is 2.56. The van der Waals surface area contributed by atoms with Crippen LogP contribution in [0.15, 0.2) is 27.8 Å². The molecular formula is C32H49BrN3O3P. The van der Waals surface area contributed by atoms with Crippen molar-refractivity contribution < 1.29 is 21.8 Å². The van der Waals surface area contributed by atoms with Crippen molar-refractivity contribution in [1.82, 2.24) is 10.2 Å². The standard InChI is InChI=1S/C32H48N3O3P.BrH/c36-30(33-24-20-21-28-29(23-24)32(38)35-34-31(28)37)19-11-4-12-22-39(25-13-5-1-6-14-25,26-15-7-2-8-16-26)27-17-9-3-10-18-27;/h20-21,23,25-27H,1-19,22H2,(H2-,33,34,35,36,37,38);1H. The van der Waals surface area contributed by atoms with Gasteiger partial charge in [-0.3, -0.25) is 24.6 Å². The second-order valence-corrected chi connectivity index (χ2v) is 17.2. The Hall–Kier alpha value is -1.46. The van der Waals surface area contributed by atoms with E-state index in [1.54, 1.807) is 18.2 Å². The zero-order valence-electron chi connectivity index (χ0n) is 24.2. The molecule has 0 bridgehead atoms. The third kappa shape index (κ3) is 7.30. The van der Waals surface area contributed by atoms with E-state index in [1.807, 2.05) is 0 Å². The molecule has 3 fully saturated rings. The molecule has 1 heterocycles. The maximum absolute atomic E-state index is 12.7. The molecule has 40 heavy (non-hydrogen) atoms.